The van der Waals surface area contributed by atoms with Crippen LogP contribution in [0.15, 0.2) is 0 Å². The number of hydrogen-bond acceptors (Lipinski definition) is 1. The summed E-state index contributed by atoms with van der Waals surface area (Å²) >= 11 is 4.41. The van der Waals surface area contributed by atoms with Crippen LogP contribution >= 0.6 is 0 Å². The second kappa shape index (κ2) is 16.4. The van der Waals surface area contributed by atoms with Gasteiger partial charge in [-0.1, -0.05) is 11.2 Å². The van der Waals surface area contributed by atoms with Crippen molar-refractivity contribution in [1.82, 2.24) is 0 Å². The predicted molar refractivity (Wildman–Crippen MR) is 32.8 cm³/mol. The van der Waals surface area contributed by atoms with E-state index in [1.165, 1.54) is 0 Å². The van der Waals surface area contributed by atoms with Crippen LogP contribution in [0.4, 0.5) is 0 Å². The summed E-state index contributed by atoms with van der Waals surface area (Å²) in [5.41, 5.74) is 0. The van der Waals surface area contributed by atoms with Crippen molar-refractivity contribution >= 4 is 21.4 Å². The third-order valence-electron chi connectivity index (χ3n) is 0.0833. The molecule has 6 heavy (non-hydrogen) atoms. The second-order valence-electron chi connectivity index (χ2n) is 0.322. The first kappa shape index (κ1) is 10.2. The van der Waals surface area contributed by atoms with Crippen LogP contribution < -0.4 is 0 Å². The van der Waals surface area contributed by atoms with E-state index in [1.807, 2.05) is 0 Å². The van der Waals surface area contributed by atoms with Gasteiger partial charge in [-0.15, -0.1) is 5.75 Å². The van der Waals surface area contributed by atoms with Crippen molar-refractivity contribution in [2.24, 2.45) is 0 Å². The third kappa shape index (κ3) is 19.2. The van der Waals surface area contributed by atoms with Gasteiger partial charge in [0, 0.05) is 0 Å². The molecule has 0 aromatic heterocycles. The van der Waals surface area contributed by atoms with Gasteiger partial charge in [-0.25, -0.2) is 0 Å². The van der Waals surface area contributed by atoms with E-state index < -0.39 is 10.2 Å². The smallest absolute Gasteiger partial charge is 0.358 e. The molecule has 0 N–H and O–H groups in total. The standard InChI is InChI=1S/C2H5S2.CH3.V/c1-2-4-3;;/h4H,1-2H2;1H3;/q2*-1;+2/i4T;;. The van der Waals surface area contributed by atoms with Gasteiger partial charge in [-0.2, -0.15) is 10.2 Å². The van der Waals surface area contributed by atoms with Crippen LogP contribution in [0.1, 0.15) is 0 Å². The summed E-state index contributed by atoms with van der Waals surface area (Å²) in [7, 11) is -0.600. The fourth-order valence-electron chi connectivity index (χ4n) is 0. The molecule has 0 bridgehead atoms. The van der Waals surface area contributed by atoms with Crippen LogP contribution in [0, 0.1) is 14.4 Å². The van der Waals surface area contributed by atoms with Gasteiger partial charge in [0.1, 0.15) is 1.12 Å². The van der Waals surface area contributed by atoms with Gasteiger partial charge in [0.05, 0.1) is 0 Å². The Hall–Kier alpha value is 1.15. The normalized spacial score (nSPS) is 12.5. The Bertz CT molecular complexity index is 48.2. The van der Waals surface area contributed by atoms with Crippen LogP contribution in [0.3, 0.4) is 0 Å². The van der Waals surface area contributed by atoms with Crippen LogP contribution in [0.2, 0.25) is 0 Å². The molecule has 0 fully saturated rings. The molecule has 0 nitrogen and oxygen atoms in total. The maximum Gasteiger partial charge on any atom is 2.00 e. The van der Waals surface area contributed by atoms with Crippen molar-refractivity contribution in [2.75, 3.05) is 5.75 Å². The summed E-state index contributed by atoms with van der Waals surface area (Å²) in [6.45, 7) is 3.41. The topological polar surface area (TPSA) is 0 Å². The summed E-state index contributed by atoms with van der Waals surface area (Å²) in [4.78, 5) is 0. The Kier molecular flexibility index (Phi) is 27.9. The molecule has 0 aliphatic heterocycles. The van der Waals surface area contributed by atoms with E-state index in [-0.39, 0.29) is 26.0 Å². The molecule has 0 aliphatic carbocycles. The second-order valence-corrected chi connectivity index (χ2v) is 1.67. The maximum absolute atomic E-state index is 6.61. The molecule has 0 aliphatic rings. The molecular formula is C3H8S2V. The SMILES string of the molecule is [3H]S(=S)C[CH2-].[CH3-].[V+2]. The number of thiol groups is 1. The van der Waals surface area contributed by atoms with Crippen molar-refractivity contribution in [3.63, 3.8) is 0 Å². The van der Waals surface area contributed by atoms with Crippen molar-refractivity contribution in [3.8, 4) is 0 Å². The van der Waals surface area contributed by atoms with Gasteiger partial charge >= 0.3 is 18.6 Å². The fraction of sp³-hybridized carbons (Fsp3) is 0.333. The van der Waals surface area contributed by atoms with Gasteiger partial charge in [-0.05, 0) is 0 Å². The molecule has 0 aromatic carbocycles. The van der Waals surface area contributed by atoms with E-state index in [0.29, 0.717) is 5.75 Å². The molecule has 0 saturated carbocycles. The average Bonchev–Trinajstić information content (AvgIpc) is 1.38. The van der Waals surface area contributed by atoms with Crippen molar-refractivity contribution in [3.05, 3.63) is 14.4 Å². The minimum Gasteiger partial charge on any atom is -0.358 e. The molecule has 1 unspecified atom stereocenters. The third-order valence-corrected chi connectivity index (χ3v) is 0.750. The van der Waals surface area contributed by atoms with E-state index in [9.17, 15) is 0 Å². The zero-order chi connectivity index (χ0) is 4.28. The minimum atomic E-state index is -0.600. The molecule has 1 atom stereocenters. The fourth-order valence-corrected chi connectivity index (χ4v) is 0. The number of rotatable bonds is 1. The molecule has 37 valence electrons. The zero-order valence-electron chi connectivity index (χ0n) is 4.68. The Balaban J connectivity index is -0.0000000800. The molecule has 0 saturated heterocycles. The molecule has 0 spiro atoms. The molecule has 0 amide bonds. The molecule has 0 heterocycles. The maximum atomic E-state index is 6.61. The Morgan fingerprint density at radius 3 is 2.17 bits per heavy atom. The quantitative estimate of drug-likeness (QED) is 0.433. The first-order valence-corrected chi connectivity index (χ1v) is 2.87. The van der Waals surface area contributed by atoms with Crippen molar-refractivity contribution in [1.29, 1.82) is 1.12 Å². The monoisotopic (exact) mass is 161 g/mol. The summed E-state index contributed by atoms with van der Waals surface area (Å²) in [5.74, 6) is 0.565. The van der Waals surface area contributed by atoms with E-state index in [0.717, 1.165) is 0 Å². The van der Waals surface area contributed by atoms with Crippen molar-refractivity contribution < 1.29 is 18.6 Å². The van der Waals surface area contributed by atoms with Crippen LogP contribution in [-0.2, 0) is 40.0 Å². The van der Waals surface area contributed by atoms with Crippen LogP contribution in [0.5, 0.6) is 0 Å². The Morgan fingerprint density at radius 1 is 2.00 bits per heavy atom. The summed E-state index contributed by atoms with van der Waals surface area (Å²) in [6.07, 6.45) is 0. The van der Waals surface area contributed by atoms with E-state index in [4.69, 9.17) is 1.12 Å². The first-order valence-electron chi connectivity index (χ1n) is 1.36. The average molecular weight is 161 g/mol. The van der Waals surface area contributed by atoms with Gasteiger partial charge in [-0.3, -0.25) is 0 Å². The van der Waals surface area contributed by atoms with Gasteiger partial charge in [0.2, 0.25) is 0 Å². The summed E-state index contributed by atoms with van der Waals surface area (Å²) < 4.78 is 6.61. The largest absolute Gasteiger partial charge is 2.00 e. The van der Waals surface area contributed by atoms with Crippen LogP contribution in [0.25, 0.3) is 0 Å². The number of hydrogen-bond donors (Lipinski definition) is 1. The molecule has 1 radical (unpaired) electrons. The van der Waals surface area contributed by atoms with E-state index in [2.05, 4.69) is 18.1 Å². The summed E-state index contributed by atoms with van der Waals surface area (Å²) in [6, 6.07) is 0. The van der Waals surface area contributed by atoms with Gasteiger partial charge in [0.25, 0.3) is 0 Å². The predicted octanol–water partition coefficient (Wildman–Crippen LogP) is 0.545. The van der Waals surface area contributed by atoms with E-state index >= 15 is 0 Å². The Morgan fingerprint density at radius 2 is 2.17 bits per heavy atom. The van der Waals surface area contributed by atoms with Crippen molar-refractivity contribution in [2.45, 2.75) is 0 Å². The van der Waals surface area contributed by atoms with E-state index in [1.54, 1.807) is 0 Å². The Labute approximate surface area is 61.3 Å². The molecule has 0 aromatic rings. The van der Waals surface area contributed by atoms with Gasteiger partial charge in [0.15, 0.2) is 0 Å². The first-order chi connectivity index (χ1) is 2.27. The molecule has 3 heteroatoms. The minimum absolute atomic E-state index is 0. The molecule has 0 rings (SSSR count). The van der Waals surface area contributed by atoms with Crippen LogP contribution in [-0.4, -0.2) is 6.88 Å². The molecular weight excluding hydrogens is 151 g/mol. The van der Waals surface area contributed by atoms with Gasteiger partial charge < -0.3 is 14.4 Å². The summed E-state index contributed by atoms with van der Waals surface area (Å²) in [5, 5.41) is 0. The zero-order valence-corrected chi connectivity index (χ0v) is 6.71.